The van der Waals surface area contributed by atoms with Gasteiger partial charge in [0.2, 0.25) is 0 Å². The monoisotopic (exact) mass is 449 g/mol. The summed E-state index contributed by atoms with van der Waals surface area (Å²) in [5.41, 5.74) is 0.254. The van der Waals surface area contributed by atoms with Gasteiger partial charge in [-0.3, -0.25) is 0 Å². The molecule has 0 heterocycles. The van der Waals surface area contributed by atoms with Crippen LogP contribution in [0, 0.1) is 0 Å². The fourth-order valence-corrected chi connectivity index (χ4v) is 4.62. The van der Waals surface area contributed by atoms with E-state index in [1.807, 2.05) is 67.6 Å². The molecule has 28 heavy (non-hydrogen) atoms. The molecule has 2 aromatic carbocycles. The van der Waals surface area contributed by atoms with Crippen LogP contribution in [-0.4, -0.2) is 38.7 Å². The van der Waals surface area contributed by atoms with Gasteiger partial charge in [0.1, 0.15) is 0 Å². The number of esters is 1. The van der Waals surface area contributed by atoms with Gasteiger partial charge in [0.05, 0.1) is 0 Å². The predicted molar refractivity (Wildman–Crippen MR) is 111 cm³/mol. The van der Waals surface area contributed by atoms with Crippen LogP contribution in [0.25, 0.3) is 0 Å². The molecule has 0 aliphatic heterocycles. The van der Waals surface area contributed by atoms with Crippen LogP contribution < -0.4 is 9.78 Å². The second-order valence-electron chi connectivity index (χ2n) is 7.35. The zero-order valence-corrected chi connectivity index (χ0v) is 18.4. The zero-order valence-electron chi connectivity index (χ0n) is 16.7. The van der Waals surface area contributed by atoms with Gasteiger partial charge in [0.25, 0.3) is 0 Å². The molecule has 0 radical (unpaired) electrons. The molecule has 0 spiro atoms. The van der Waals surface area contributed by atoms with Crippen molar-refractivity contribution >= 4 is 31.5 Å². The third kappa shape index (κ3) is 7.75. The number of carbonyl (C=O) groups excluding carboxylic acids is 2. The number of carbonyl (C=O) groups is 2. The van der Waals surface area contributed by atoms with Gasteiger partial charge in [0, 0.05) is 0 Å². The van der Waals surface area contributed by atoms with Crippen molar-refractivity contribution in [2.45, 2.75) is 50.8 Å². The Morgan fingerprint density at radius 1 is 1.00 bits per heavy atom. The van der Waals surface area contributed by atoms with Crippen molar-refractivity contribution in [1.29, 1.82) is 0 Å². The third-order valence-electron chi connectivity index (χ3n) is 3.68. The Morgan fingerprint density at radius 3 is 2.14 bits per heavy atom. The summed E-state index contributed by atoms with van der Waals surface area (Å²) in [7, 11) is 0. The van der Waals surface area contributed by atoms with Crippen molar-refractivity contribution in [2.75, 3.05) is 0 Å². The molecule has 5 nitrogen and oxygen atoms in total. The Hall–Kier alpha value is -2.30. The van der Waals surface area contributed by atoms with E-state index in [1.165, 1.54) is 0 Å². The van der Waals surface area contributed by atoms with Crippen molar-refractivity contribution < 1.29 is 19.1 Å². The summed E-state index contributed by atoms with van der Waals surface area (Å²) in [6.07, 6.45) is -0.620. The molecule has 150 valence electrons. The van der Waals surface area contributed by atoms with E-state index in [2.05, 4.69) is 5.32 Å². The standard InChI is InChI=1S/C22H27NO4Se/c1-16(28-18-13-9-6-10-14-18)19(23-21(25)27-22(2,3)4)20(24)26-15-17-11-7-5-8-12-17/h5-14,16,19H,15H2,1-4H3,(H,23,25)/t16-,19-/m0/s1. The molecule has 0 aliphatic rings. The van der Waals surface area contributed by atoms with Gasteiger partial charge in [-0.2, -0.15) is 0 Å². The molecule has 6 heteroatoms. The molecule has 1 amide bonds. The van der Waals surface area contributed by atoms with Crippen molar-refractivity contribution in [3.63, 3.8) is 0 Å². The van der Waals surface area contributed by atoms with Gasteiger partial charge < -0.3 is 0 Å². The fraction of sp³-hybridized carbons (Fsp3) is 0.364. The van der Waals surface area contributed by atoms with E-state index < -0.39 is 23.7 Å². The van der Waals surface area contributed by atoms with E-state index in [0.29, 0.717) is 0 Å². The minimum atomic E-state index is -0.779. The van der Waals surface area contributed by atoms with E-state index in [4.69, 9.17) is 9.47 Å². The summed E-state index contributed by atoms with van der Waals surface area (Å²) < 4.78 is 12.0. The maximum atomic E-state index is 12.8. The number of hydrogen-bond donors (Lipinski definition) is 1. The number of alkyl carbamates (subject to hydrolysis) is 1. The molecule has 2 aromatic rings. The van der Waals surface area contributed by atoms with Gasteiger partial charge in [-0.15, -0.1) is 0 Å². The zero-order chi connectivity index (χ0) is 20.6. The molecule has 1 N–H and O–H groups in total. The summed E-state index contributed by atoms with van der Waals surface area (Å²) in [6, 6.07) is 18.6. The van der Waals surface area contributed by atoms with Crippen LogP contribution in [0.15, 0.2) is 60.7 Å². The number of nitrogens with one attached hydrogen (secondary N) is 1. The number of amides is 1. The van der Waals surface area contributed by atoms with Gasteiger partial charge in [0.15, 0.2) is 0 Å². The number of rotatable bonds is 7. The molecule has 0 aliphatic carbocycles. The summed E-state index contributed by atoms with van der Waals surface area (Å²) in [4.78, 5) is 24.9. The average Bonchev–Trinajstić information content (AvgIpc) is 2.64. The SMILES string of the molecule is C[C@H]([Se]c1ccccc1)[C@H](NC(=O)OC(C)(C)C)C(=O)OCc1ccccc1. The minimum absolute atomic E-state index is 0.0211. The molecule has 0 aromatic heterocycles. The molecule has 0 saturated carbocycles. The first-order chi connectivity index (χ1) is 13.2. The Balaban J connectivity index is 2.07. The summed E-state index contributed by atoms with van der Waals surface area (Å²) in [5, 5.41) is 2.71. The predicted octanol–water partition coefficient (Wildman–Crippen LogP) is 3.46. The van der Waals surface area contributed by atoms with Crippen LogP contribution >= 0.6 is 0 Å². The van der Waals surface area contributed by atoms with Crippen LogP contribution in [0.4, 0.5) is 4.79 Å². The van der Waals surface area contributed by atoms with E-state index in [-0.39, 0.29) is 26.4 Å². The topological polar surface area (TPSA) is 64.6 Å². The van der Waals surface area contributed by atoms with Crippen LogP contribution in [0.2, 0.25) is 4.82 Å². The second-order valence-corrected chi connectivity index (χ2v) is 10.4. The summed E-state index contributed by atoms with van der Waals surface area (Å²) in [6.45, 7) is 7.46. The third-order valence-corrected chi connectivity index (χ3v) is 6.18. The van der Waals surface area contributed by atoms with Gasteiger partial charge in [-0.1, -0.05) is 0 Å². The summed E-state index contributed by atoms with van der Waals surface area (Å²) >= 11 is -0.0211. The van der Waals surface area contributed by atoms with E-state index in [1.54, 1.807) is 20.8 Å². The van der Waals surface area contributed by atoms with Gasteiger partial charge in [-0.05, 0) is 0 Å². The molecule has 2 rings (SSSR count). The Bertz CT molecular complexity index is 759. The first-order valence-electron chi connectivity index (χ1n) is 9.16. The molecule has 0 bridgehead atoms. The van der Waals surface area contributed by atoms with Crippen LogP contribution in [0.5, 0.6) is 0 Å². The van der Waals surface area contributed by atoms with Crippen molar-refractivity contribution in [2.24, 2.45) is 0 Å². The fourth-order valence-electron chi connectivity index (χ4n) is 2.40. The van der Waals surface area contributed by atoms with Crippen LogP contribution in [-0.2, 0) is 20.9 Å². The van der Waals surface area contributed by atoms with Crippen molar-refractivity contribution in [3.05, 3.63) is 66.2 Å². The first-order valence-corrected chi connectivity index (χ1v) is 11.0. The number of benzene rings is 2. The van der Waals surface area contributed by atoms with Gasteiger partial charge in [-0.25, -0.2) is 0 Å². The molecular formula is C22H27NO4Se. The Morgan fingerprint density at radius 2 is 1.57 bits per heavy atom. The second kappa shape index (κ2) is 10.3. The molecular weight excluding hydrogens is 421 g/mol. The van der Waals surface area contributed by atoms with Crippen LogP contribution in [0.3, 0.4) is 0 Å². The molecule has 0 saturated heterocycles. The van der Waals surface area contributed by atoms with Crippen molar-refractivity contribution in [1.82, 2.24) is 5.32 Å². The Kier molecular flexibility index (Phi) is 8.09. The number of hydrogen-bond acceptors (Lipinski definition) is 4. The van der Waals surface area contributed by atoms with E-state index in [9.17, 15) is 9.59 Å². The first kappa shape index (κ1) is 22.0. The summed E-state index contributed by atoms with van der Waals surface area (Å²) in [5.74, 6) is -0.458. The normalized spacial score (nSPS) is 13.3. The molecule has 2 atom stereocenters. The molecule has 0 fully saturated rings. The van der Waals surface area contributed by atoms with Crippen molar-refractivity contribution in [3.8, 4) is 0 Å². The van der Waals surface area contributed by atoms with Gasteiger partial charge >= 0.3 is 173 Å². The van der Waals surface area contributed by atoms with E-state index >= 15 is 0 Å². The quantitative estimate of drug-likeness (QED) is 0.521. The Labute approximate surface area is 173 Å². The maximum absolute atomic E-state index is 12.8. The van der Waals surface area contributed by atoms with E-state index in [0.717, 1.165) is 10.0 Å². The average molecular weight is 448 g/mol. The molecule has 0 unspecified atom stereocenters. The van der Waals surface area contributed by atoms with Crippen LogP contribution in [0.1, 0.15) is 33.3 Å². The number of ether oxygens (including phenoxy) is 2.